The number of para-hydroxylation sites is 1. The molecule has 2 N–H and O–H groups in total. The number of rotatable bonds is 7. The summed E-state index contributed by atoms with van der Waals surface area (Å²) in [5.41, 5.74) is 2.59. The molecule has 0 bridgehead atoms. The highest BCUT2D eigenvalue weighted by Gasteiger charge is 2.20. The van der Waals surface area contributed by atoms with E-state index in [0.29, 0.717) is 17.5 Å². The fourth-order valence-electron chi connectivity index (χ4n) is 3.83. The molecular weight excluding hydrogens is 429 g/mol. The predicted octanol–water partition coefficient (Wildman–Crippen LogP) is 3.94. The summed E-state index contributed by atoms with van der Waals surface area (Å²) < 4.78 is 21.0. The summed E-state index contributed by atoms with van der Waals surface area (Å²) in [7, 11) is 0. The molecule has 0 unspecified atom stereocenters. The van der Waals surface area contributed by atoms with Gasteiger partial charge in [0.15, 0.2) is 11.0 Å². The van der Waals surface area contributed by atoms with Crippen molar-refractivity contribution in [2.75, 3.05) is 18.9 Å². The molecule has 1 amide bonds. The van der Waals surface area contributed by atoms with Crippen LogP contribution in [0.15, 0.2) is 59.9 Å². The Labute approximate surface area is 188 Å². The number of H-pyrrole nitrogens is 1. The Morgan fingerprint density at radius 3 is 2.88 bits per heavy atom. The quantitative estimate of drug-likeness (QED) is 0.416. The molecule has 4 aromatic rings. The summed E-state index contributed by atoms with van der Waals surface area (Å²) in [6.45, 7) is 1.28. The van der Waals surface area contributed by atoms with Crippen LogP contribution in [0.5, 0.6) is 0 Å². The Hall–Kier alpha value is -3.17. The Morgan fingerprint density at radius 1 is 1.22 bits per heavy atom. The second-order valence-electron chi connectivity index (χ2n) is 7.59. The van der Waals surface area contributed by atoms with Gasteiger partial charge in [0.05, 0.1) is 11.9 Å². The van der Waals surface area contributed by atoms with E-state index in [4.69, 9.17) is 4.74 Å². The molecule has 1 aliphatic rings. The van der Waals surface area contributed by atoms with Crippen molar-refractivity contribution in [3.63, 3.8) is 0 Å². The van der Waals surface area contributed by atoms with Crippen molar-refractivity contribution in [2.45, 2.75) is 24.1 Å². The van der Waals surface area contributed by atoms with E-state index >= 15 is 0 Å². The molecule has 1 atom stereocenters. The zero-order valence-corrected chi connectivity index (χ0v) is 18.1. The van der Waals surface area contributed by atoms with E-state index in [1.165, 1.54) is 23.9 Å². The topological polar surface area (TPSA) is 84.8 Å². The van der Waals surface area contributed by atoms with Crippen molar-refractivity contribution in [3.8, 4) is 17.1 Å². The second kappa shape index (κ2) is 9.13. The maximum absolute atomic E-state index is 13.6. The van der Waals surface area contributed by atoms with Gasteiger partial charge < -0.3 is 15.0 Å². The number of thioether (sulfide) groups is 1. The first-order valence-electron chi connectivity index (χ1n) is 10.5. The molecule has 7 nitrogen and oxygen atoms in total. The number of carbonyl (C=O) groups excluding carboxylic acids is 1. The van der Waals surface area contributed by atoms with Crippen LogP contribution in [-0.2, 0) is 9.53 Å². The van der Waals surface area contributed by atoms with Gasteiger partial charge in [-0.1, -0.05) is 30.0 Å². The van der Waals surface area contributed by atoms with Crippen LogP contribution in [0.3, 0.4) is 0 Å². The smallest absolute Gasteiger partial charge is 0.230 e. The molecule has 32 heavy (non-hydrogen) atoms. The van der Waals surface area contributed by atoms with Gasteiger partial charge in [-0.3, -0.25) is 9.36 Å². The van der Waals surface area contributed by atoms with Crippen molar-refractivity contribution in [3.05, 3.63) is 60.5 Å². The Kier molecular flexibility index (Phi) is 5.91. The number of fused-ring (bicyclic) bond motifs is 1. The lowest BCUT2D eigenvalue weighted by molar-refractivity contribution is -0.119. The molecule has 1 aliphatic heterocycles. The number of carbonyl (C=O) groups is 1. The molecule has 164 valence electrons. The number of aromatic amines is 1. The lowest BCUT2D eigenvalue weighted by Gasteiger charge is -2.12. The first-order chi connectivity index (χ1) is 15.7. The number of hydrogen-bond acceptors (Lipinski definition) is 5. The molecule has 1 fully saturated rings. The summed E-state index contributed by atoms with van der Waals surface area (Å²) in [4.78, 5) is 15.6. The average molecular weight is 452 g/mol. The molecule has 3 heterocycles. The second-order valence-corrected chi connectivity index (χ2v) is 8.54. The summed E-state index contributed by atoms with van der Waals surface area (Å²) in [6.07, 6.45) is 3.99. The number of hydrogen-bond donors (Lipinski definition) is 2. The van der Waals surface area contributed by atoms with Gasteiger partial charge in [-0.2, -0.15) is 0 Å². The number of benzene rings is 2. The summed E-state index contributed by atoms with van der Waals surface area (Å²) in [5.74, 6) is 0.405. The predicted molar refractivity (Wildman–Crippen MR) is 121 cm³/mol. The summed E-state index contributed by atoms with van der Waals surface area (Å²) >= 11 is 1.29. The zero-order valence-electron chi connectivity index (χ0n) is 17.3. The minimum atomic E-state index is -0.321. The highest BCUT2D eigenvalue weighted by atomic mass is 32.2. The van der Waals surface area contributed by atoms with Crippen LogP contribution in [0.25, 0.3) is 28.0 Å². The zero-order chi connectivity index (χ0) is 21.9. The van der Waals surface area contributed by atoms with Crippen LogP contribution in [0, 0.1) is 5.82 Å². The van der Waals surface area contributed by atoms with Crippen molar-refractivity contribution >= 4 is 28.6 Å². The molecule has 5 rings (SSSR count). The molecule has 0 radical (unpaired) electrons. The molecule has 0 aliphatic carbocycles. The van der Waals surface area contributed by atoms with Crippen LogP contribution in [0.2, 0.25) is 0 Å². The lowest BCUT2D eigenvalue weighted by Crippen LogP contribution is -2.32. The molecule has 0 spiro atoms. The summed E-state index contributed by atoms with van der Waals surface area (Å²) in [6, 6.07) is 14.1. The van der Waals surface area contributed by atoms with Crippen LogP contribution < -0.4 is 5.32 Å². The fourth-order valence-corrected chi connectivity index (χ4v) is 4.61. The summed E-state index contributed by atoms with van der Waals surface area (Å²) in [5, 5.41) is 13.3. The monoisotopic (exact) mass is 451 g/mol. The van der Waals surface area contributed by atoms with Gasteiger partial charge in [0.25, 0.3) is 0 Å². The number of nitrogens with one attached hydrogen (secondary N) is 2. The first kappa shape index (κ1) is 20.7. The molecule has 2 aromatic heterocycles. The van der Waals surface area contributed by atoms with Gasteiger partial charge in [-0.25, -0.2) is 4.39 Å². The number of nitrogens with zero attached hydrogens (tertiary/aromatic N) is 3. The van der Waals surface area contributed by atoms with E-state index in [-0.39, 0.29) is 23.6 Å². The van der Waals surface area contributed by atoms with Gasteiger partial charge in [-0.05, 0) is 43.2 Å². The van der Waals surface area contributed by atoms with Crippen LogP contribution in [0.1, 0.15) is 12.8 Å². The van der Waals surface area contributed by atoms with Crippen molar-refractivity contribution < 1.29 is 13.9 Å². The van der Waals surface area contributed by atoms with E-state index < -0.39 is 0 Å². The third-order valence-electron chi connectivity index (χ3n) is 5.43. The van der Waals surface area contributed by atoms with Crippen LogP contribution in [-0.4, -0.2) is 50.7 Å². The number of aromatic nitrogens is 4. The molecule has 9 heteroatoms. The maximum atomic E-state index is 13.6. The van der Waals surface area contributed by atoms with E-state index in [2.05, 4.69) is 20.5 Å². The minimum Gasteiger partial charge on any atom is -0.376 e. The first-order valence-corrected chi connectivity index (χ1v) is 11.5. The highest BCUT2D eigenvalue weighted by molar-refractivity contribution is 7.99. The van der Waals surface area contributed by atoms with E-state index in [0.717, 1.165) is 41.6 Å². The third-order valence-corrected chi connectivity index (χ3v) is 6.36. The Balaban J connectivity index is 1.42. The Bertz CT molecular complexity index is 1230. The lowest BCUT2D eigenvalue weighted by atomic mass is 10.1. The average Bonchev–Trinajstić information content (AvgIpc) is 3.56. The van der Waals surface area contributed by atoms with Crippen molar-refractivity contribution in [2.24, 2.45) is 0 Å². The van der Waals surface area contributed by atoms with Gasteiger partial charge in [0, 0.05) is 41.5 Å². The van der Waals surface area contributed by atoms with Crippen LogP contribution >= 0.6 is 11.8 Å². The standard InChI is InChI=1S/C23H22FN5O2S/c24-15-7-9-16(10-8-15)29-22(19-13-25-20-6-2-1-5-18(19)20)27-28-23(29)32-14-21(30)26-12-17-4-3-11-31-17/h1-2,5-10,13,17,25H,3-4,11-12,14H2,(H,26,30)/t17-/m0/s1. The minimum absolute atomic E-state index is 0.0900. The molecular formula is C23H22FN5O2S. The van der Waals surface area contributed by atoms with Crippen molar-refractivity contribution in [1.29, 1.82) is 0 Å². The Morgan fingerprint density at radius 2 is 2.06 bits per heavy atom. The molecule has 2 aromatic carbocycles. The van der Waals surface area contributed by atoms with E-state index in [1.54, 1.807) is 12.1 Å². The largest absolute Gasteiger partial charge is 0.376 e. The van der Waals surface area contributed by atoms with Gasteiger partial charge in [0.2, 0.25) is 5.91 Å². The normalized spacial score (nSPS) is 16.0. The number of amides is 1. The number of halogens is 1. The maximum Gasteiger partial charge on any atom is 0.230 e. The van der Waals surface area contributed by atoms with E-state index in [1.807, 2.05) is 35.0 Å². The highest BCUT2D eigenvalue weighted by Crippen LogP contribution is 2.32. The van der Waals surface area contributed by atoms with Crippen molar-refractivity contribution in [1.82, 2.24) is 25.1 Å². The molecule has 0 saturated carbocycles. The molecule has 1 saturated heterocycles. The van der Waals surface area contributed by atoms with Crippen LogP contribution in [0.4, 0.5) is 4.39 Å². The van der Waals surface area contributed by atoms with Gasteiger partial charge in [0.1, 0.15) is 5.82 Å². The van der Waals surface area contributed by atoms with Gasteiger partial charge in [-0.15, -0.1) is 10.2 Å². The number of ether oxygens (including phenoxy) is 1. The third kappa shape index (κ3) is 4.26. The van der Waals surface area contributed by atoms with Gasteiger partial charge >= 0.3 is 0 Å². The fraction of sp³-hybridized carbons (Fsp3) is 0.261. The van der Waals surface area contributed by atoms with E-state index in [9.17, 15) is 9.18 Å². The SMILES string of the molecule is O=C(CSc1nnc(-c2c[nH]c3ccccc23)n1-c1ccc(F)cc1)NC[C@@H]1CCCO1.